The molecule has 0 radical (unpaired) electrons. The average molecular weight is 313 g/mol. The maximum atomic E-state index is 12.7. The van der Waals surface area contributed by atoms with Gasteiger partial charge in [-0.1, -0.05) is 52.3 Å². The molecule has 0 unspecified atom stereocenters. The highest BCUT2D eigenvalue weighted by Gasteiger charge is 2.22. The van der Waals surface area contributed by atoms with Crippen LogP contribution in [0.5, 0.6) is 0 Å². The maximum absolute atomic E-state index is 12.7. The summed E-state index contributed by atoms with van der Waals surface area (Å²) in [7, 11) is 0. The normalized spacial score (nSPS) is 11.0. The van der Waals surface area contributed by atoms with Gasteiger partial charge in [0.1, 0.15) is 0 Å². The van der Waals surface area contributed by atoms with Gasteiger partial charge in [-0.05, 0) is 30.9 Å². The number of benzene rings is 1. The Hall–Kier alpha value is -2.10. The molecule has 4 heteroatoms. The summed E-state index contributed by atoms with van der Waals surface area (Å²) in [4.78, 5) is 12.7. The van der Waals surface area contributed by atoms with Crippen LogP contribution in [-0.4, -0.2) is 22.2 Å². The Bertz CT molecular complexity index is 644. The number of para-hydroxylation sites is 1. The second kappa shape index (κ2) is 7.95. The van der Waals surface area contributed by atoms with Gasteiger partial charge in [0.2, 0.25) is 0 Å². The molecule has 0 fully saturated rings. The fourth-order valence-electron chi connectivity index (χ4n) is 2.67. The summed E-state index contributed by atoms with van der Waals surface area (Å²) in [6.07, 6.45) is 2.56. The quantitative estimate of drug-likeness (QED) is 0.845. The van der Waals surface area contributed by atoms with Gasteiger partial charge >= 0.3 is 0 Å². The smallest absolute Gasteiger partial charge is 0.255 e. The first-order valence-corrected chi connectivity index (χ1v) is 8.52. The summed E-state index contributed by atoms with van der Waals surface area (Å²) < 4.78 is 1.93. The van der Waals surface area contributed by atoms with Crippen LogP contribution >= 0.6 is 0 Å². The highest BCUT2D eigenvalue weighted by atomic mass is 16.1. The number of hydrogen-bond donors (Lipinski definition) is 1. The van der Waals surface area contributed by atoms with Gasteiger partial charge in [-0.15, -0.1) is 0 Å². The molecule has 124 valence electrons. The number of amides is 1. The standard InChI is InChI=1S/C19H27N3O/c1-5-10-16-18(19(23)20-13-14(3)4)17(6-2)22(21-16)15-11-8-7-9-12-15/h7-9,11-12,14H,5-6,10,13H2,1-4H3,(H,20,23). The number of nitrogens with zero attached hydrogens (tertiary/aromatic N) is 2. The molecule has 0 spiro atoms. The zero-order valence-electron chi connectivity index (χ0n) is 14.6. The molecular formula is C19H27N3O. The number of aryl methyl sites for hydroxylation is 1. The van der Waals surface area contributed by atoms with Crippen molar-refractivity contribution >= 4 is 5.91 Å². The molecule has 0 aliphatic carbocycles. The van der Waals surface area contributed by atoms with E-state index in [1.165, 1.54) is 0 Å². The molecular weight excluding hydrogens is 286 g/mol. The first-order valence-electron chi connectivity index (χ1n) is 8.52. The number of carbonyl (C=O) groups is 1. The first kappa shape index (κ1) is 17.3. The van der Waals surface area contributed by atoms with Crippen molar-refractivity contribution in [2.24, 2.45) is 5.92 Å². The predicted octanol–water partition coefficient (Wildman–Crippen LogP) is 3.77. The number of hydrogen-bond acceptors (Lipinski definition) is 2. The molecule has 0 aliphatic rings. The topological polar surface area (TPSA) is 46.9 Å². The maximum Gasteiger partial charge on any atom is 0.255 e. The van der Waals surface area contributed by atoms with Gasteiger partial charge in [-0.3, -0.25) is 4.79 Å². The van der Waals surface area contributed by atoms with Crippen LogP contribution in [0.2, 0.25) is 0 Å². The Morgan fingerprint density at radius 3 is 2.48 bits per heavy atom. The van der Waals surface area contributed by atoms with Crippen LogP contribution in [0.4, 0.5) is 0 Å². The molecule has 1 aromatic carbocycles. The van der Waals surface area contributed by atoms with Gasteiger partial charge in [-0.25, -0.2) is 4.68 Å². The Morgan fingerprint density at radius 2 is 1.91 bits per heavy atom. The predicted molar refractivity (Wildman–Crippen MR) is 94.1 cm³/mol. The Morgan fingerprint density at radius 1 is 1.22 bits per heavy atom. The average Bonchev–Trinajstić information content (AvgIpc) is 2.92. The van der Waals surface area contributed by atoms with E-state index in [4.69, 9.17) is 5.10 Å². The lowest BCUT2D eigenvalue weighted by Crippen LogP contribution is -2.28. The lowest BCUT2D eigenvalue weighted by molar-refractivity contribution is 0.0947. The molecule has 1 heterocycles. The van der Waals surface area contributed by atoms with Crippen molar-refractivity contribution in [2.45, 2.75) is 47.0 Å². The molecule has 2 aromatic rings. The van der Waals surface area contributed by atoms with Gasteiger partial charge < -0.3 is 5.32 Å². The Kier molecular flexibility index (Phi) is 5.97. The zero-order valence-corrected chi connectivity index (χ0v) is 14.6. The Labute approximate surface area is 138 Å². The van der Waals surface area contributed by atoms with Crippen molar-refractivity contribution in [1.82, 2.24) is 15.1 Å². The SMILES string of the molecule is CCCc1nn(-c2ccccc2)c(CC)c1C(=O)NCC(C)C. The van der Waals surface area contributed by atoms with E-state index >= 15 is 0 Å². The summed E-state index contributed by atoms with van der Waals surface area (Å²) in [6, 6.07) is 10.0. The van der Waals surface area contributed by atoms with Gasteiger partial charge in [0.05, 0.1) is 22.6 Å². The highest BCUT2D eigenvalue weighted by Crippen LogP contribution is 2.21. The van der Waals surface area contributed by atoms with Gasteiger partial charge in [0.25, 0.3) is 5.91 Å². The Balaban J connectivity index is 2.46. The van der Waals surface area contributed by atoms with E-state index in [2.05, 4.69) is 33.0 Å². The molecule has 4 nitrogen and oxygen atoms in total. The minimum Gasteiger partial charge on any atom is -0.352 e. The van der Waals surface area contributed by atoms with Crippen molar-refractivity contribution in [3.63, 3.8) is 0 Å². The molecule has 1 aromatic heterocycles. The summed E-state index contributed by atoms with van der Waals surface area (Å²) >= 11 is 0. The number of nitrogens with one attached hydrogen (secondary N) is 1. The number of carbonyl (C=O) groups excluding carboxylic acids is 1. The van der Waals surface area contributed by atoms with Gasteiger partial charge in [0.15, 0.2) is 0 Å². The molecule has 0 bridgehead atoms. The van der Waals surface area contributed by atoms with E-state index in [1.807, 2.05) is 35.0 Å². The van der Waals surface area contributed by atoms with Gasteiger partial charge in [0, 0.05) is 6.54 Å². The van der Waals surface area contributed by atoms with Crippen LogP contribution in [-0.2, 0) is 12.8 Å². The van der Waals surface area contributed by atoms with Crippen molar-refractivity contribution in [3.8, 4) is 5.69 Å². The van der Waals surface area contributed by atoms with Crippen LogP contribution in [0.25, 0.3) is 5.69 Å². The van der Waals surface area contributed by atoms with E-state index in [1.54, 1.807) is 0 Å². The van der Waals surface area contributed by atoms with Crippen LogP contribution in [0.1, 0.15) is 55.9 Å². The number of aromatic nitrogens is 2. The van der Waals surface area contributed by atoms with E-state index in [9.17, 15) is 4.79 Å². The third-order valence-corrected chi connectivity index (χ3v) is 3.77. The minimum atomic E-state index is 0.00109. The molecule has 0 saturated heterocycles. The summed E-state index contributed by atoms with van der Waals surface area (Å²) in [5.41, 5.74) is 3.65. The minimum absolute atomic E-state index is 0.00109. The van der Waals surface area contributed by atoms with Crippen LogP contribution in [0.15, 0.2) is 30.3 Å². The second-order valence-electron chi connectivity index (χ2n) is 6.22. The molecule has 0 aliphatic heterocycles. The highest BCUT2D eigenvalue weighted by molar-refractivity contribution is 5.96. The second-order valence-corrected chi connectivity index (χ2v) is 6.22. The summed E-state index contributed by atoms with van der Waals surface area (Å²) in [5.74, 6) is 0.434. The fraction of sp³-hybridized carbons (Fsp3) is 0.474. The third kappa shape index (κ3) is 4.01. The molecule has 0 atom stereocenters. The van der Waals surface area contributed by atoms with Crippen LogP contribution in [0.3, 0.4) is 0 Å². The molecule has 23 heavy (non-hydrogen) atoms. The molecule has 1 N–H and O–H groups in total. The van der Waals surface area contributed by atoms with Crippen LogP contribution in [0, 0.1) is 5.92 Å². The molecule has 0 saturated carbocycles. The van der Waals surface area contributed by atoms with Crippen molar-refractivity contribution in [3.05, 3.63) is 47.3 Å². The first-order chi connectivity index (χ1) is 11.1. The van der Waals surface area contributed by atoms with Gasteiger partial charge in [-0.2, -0.15) is 5.10 Å². The third-order valence-electron chi connectivity index (χ3n) is 3.77. The molecule has 2 rings (SSSR count). The largest absolute Gasteiger partial charge is 0.352 e. The van der Waals surface area contributed by atoms with Crippen molar-refractivity contribution < 1.29 is 4.79 Å². The van der Waals surface area contributed by atoms with Crippen molar-refractivity contribution in [2.75, 3.05) is 6.54 Å². The van der Waals surface area contributed by atoms with E-state index in [0.717, 1.165) is 41.9 Å². The number of rotatable bonds is 7. The van der Waals surface area contributed by atoms with Crippen molar-refractivity contribution in [1.29, 1.82) is 0 Å². The van der Waals surface area contributed by atoms with E-state index in [0.29, 0.717) is 12.5 Å². The monoisotopic (exact) mass is 313 g/mol. The fourth-order valence-corrected chi connectivity index (χ4v) is 2.67. The lowest BCUT2D eigenvalue weighted by atomic mass is 10.1. The van der Waals surface area contributed by atoms with E-state index in [-0.39, 0.29) is 5.91 Å². The zero-order chi connectivity index (χ0) is 16.8. The summed E-state index contributed by atoms with van der Waals surface area (Å²) in [5, 5.41) is 7.79. The van der Waals surface area contributed by atoms with E-state index < -0.39 is 0 Å². The lowest BCUT2D eigenvalue weighted by Gasteiger charge is -2.10. The van der Waals surface area contributed by atoms with Crippen LogP contribution < -0.4 is 5.32 Å². The molecule has 1 amide bonds. The summed E-state index contributed by atoms with van der Waals surface area (Å²) in [6.45, 7) is 9.07.